The number of hydrogen-bond donors (Lipinski definition) is 3. The molecule has 0 saturated heterocycles. The average Bonchev–Trinajstić information content (AvgIpc) is 3.37. The first kappa shape index (κ1) is 17.5. The highest BCUT2D eigenvalue weighted by Gasteiger charge is 2.29. The lowest BCUT2D eigenvalue weighted by molar-refractivity contribution is 0.192. The van der Waals surface area contributed by atoms with Crippen LogP contribution in [0.15, 0.2) is 0 Å². The predicted octanol–water partition coefficient (Wildman–Crippen LogP) is 2.10. The van der Waals surface area contributed by atoms with Gasteiger partial charge in [0.05, 0.1) is 0 Å². The summed E-state index contributed by atoms with van der Waals surface area (Å²) < 4.78 is 0. The minimum atomic E-state index is -0.0833. The SMILES string of the molecule is CC(CNC(=O)NC(CCO)C1CCCCC1)N(C)C1CC1. The molecule has 2 aliphatic rings. The summed E-state index contributed by atoms with van der Waals surface area (Å²) in [6, 6.07) is 1.11. The van der Waals surface area contributed by atoms with E-state index >= 15 is 0 Å². The number of nitrogens with zero attached hydrogens (tertiary/aromatic N) is 1. The van der Waals surface area contributed by atoms with Gasteiger partial charge in [-0.1, -0.05) is 19.3 Å². The number of aliphatic hydroxyl groups is 1. The highest BCUT2D eigenvalue weighted by molar-refractivity contribution is 5.74. The molecule has 5 nitrogen and oxygen atoms in total. The molecule has 2 atom stereocenters. The number of nitrogens with one attached hydrogen (secondary N) is 2. The summed E-state index contributed by atoms with van der Waals surface area (Å²) in [7, 11) is 2.14. The monoisotopic (exact) mass is 311 g/mol. The van der Waals surface area contributed by atoms with Crippen LogP contribution in [0.5, 0.6) is 0 Å². The molecule has 0 aromatic heterocycles. The van der Waals surface area contributed by atoms with Crippen molar-refractivity contribution in [1.82, 2.24) is 15.5 Å². The fourth-order valence-electron chi connectivity index (χ4n) is 3.55. The molecule has 22 heavy (non-hydrogen) atoms. The van der Waals surface area contributed by atoms with Crippen molar-refractivity contribution in [3.63, 3.8) is 0 Å². The summed E-state index contributed by atoms with van der Waals surface area (Å²) >= 11 is 0. The van der Waals surface area contributed by atoms with Crippen molar-refractivity contribution >= 4 is 6.03 Å². The summed E-state index contributed by atoms with van der Waals surface area (Å²) in [5, 5.41) is 15.4. The van der Waals surface area contributed by atoms with E-state index < -0.39 is 0 Å². The molecular weight excluding hydrogens is 278 g/mol. The minimum absolute atomic E-state index is 0.0833. The lowest BCUT2D eigenvalue weighted by Gasteiger charge is -2.31. The highest BCUT2D eigenvalue weighted by Crippen LogP contribution is 2.28. The first-order chi connectivity index (χ1) is 10.6. The number of likely N-dealkylation sites (N-methyl/N-ethyl adjacent to an activating group) is 1. The van der Waals surface area contributed by atoms with Crippen LogP contribution in [0.1, 0.15) is 58.3 Å². The van der Waals surface area contributed by atoms with Crippen LogP contribution < -0.4 is 10.6 Å². The molecule has 0 bridgehead atoms. The second-order valence-corrected chi connectivity index (χ2v) is 7.12. The van der Waals surface area contributed by atoms with E-state index in [9.17, 15) is 9.90 Å². The number of carbonyl (C=O) groups is 1. The number of urea groups is 1. The van der Waals surface area contributed by atoms with E-state index in [1.165, 1.54) is 44.9 Å². The molecule has 128 valence electrons. The molecule has 0 aromatic rings. The molecule has 0 aliphatic heterocycles. The Labute approximate surface area is 134 Å². The second kappa shape index (κ2) is 8.73. The van der Waals surface area contributed by atoms with Gasteiger partial charge in [-0.2, -0.15) is 0 Å². The Morgan fingerprint density at radius 2 is 1.91 bits per heavy atom. The van der Waals surface area contributed by atoms with E-state index in [0.29, 0.717) is 31.0 Å². The molecule has 0 heterocycles. The number of hydrogen-bond acceptors (Lipinski definition) is 3. The zero-order valence-electron chi connectivity index (χ0n) is 14.2. The summed E-state index contributed by atoms with van der Waals surface area (Å²) in [4.78, 5) is 14.5. The zero-order valence-corrected chi connectivity index (χ0v) is 14.2. The highest BCUT2D eigenvalue weighted by atomic mass is 16.3. The quantitative estimate of drug-likeness (QED) is 0.643. The number of aliphatic hydroxyl groups excluding tert-OH is 1. The summed E-state index contributed by atoms with van der Waals surface area (Å²) in [6.07, 6.45) is 9.38. The zero-order chi connectivity index (χ0) is 15.9. The van der Waals surface area contributed by atoms with E-state index in [2.05, 4.69) is 29.5 Å². The predicted molar refractivity (Wildman–Crippen MR) is 88.8 cm³/mol. The Balaban J connectivity index is 1.72. The van der Waals surface area contributed by atoms with Crippen molar-refractivity contribution in [3.05, 3.63) is 0 Å². The van der Waals surface area contributed by atoms with Gasteiger partial charge in [0.15, 0.2) is 0 Å². The van der Waals surface area contributed by atoms with Gasteiger partial charge in [0.25, 0.3) is 0 Å². The van der Waals surface area contributed by atoms with Gasteiger partial charge in [-0.15, -0.1) is 0 Å². The fraction of sp³-hybridized carbons (Fsp3) is 0.941. The summed E-state index contributed by atoms with van der Waals surface area (Å²) in [5.41, 5.74) is 0. The van der Waals surface area contributed by atoms with E-state index in [0.717, 1.165) is 0 Å². The van der Waals surface area contributed by atoms with Crippen molar-refractivity contribution in [3.8, 4) is 0 Å². The van der Waals surface area contributed by atoms with Crippen LogP contribution in [0.25, 0.3) is 0 Å². The Bertz CT molecular complexity index is 341. The standard InChI is InChI=1S/C17H33N3O2/c1-13(20(2)15-8-9-15)12-18-17(22)19-16(10-11-21)14-6-4-3-5-7-14/h13-16,21H,3-12H2,1-2H3,(H2,18,19,22). The van der Waals surface area contributed by atoms with Crippen LogP contribution in [0.4, 0.5) is 4.79 Å². The lowest BCUT2D eigenvalue weighted by Crippen LogP contribution is -2.49. The molecule has 2 amide bonds. The van der Waals surface area contributed by atoms with E-state index in [1.807, 2.05) is 0 Å². The first-order valence-electron chi connectivity index (χ1n) is 8.99. The maximum atomic E-state index is 12.2. The fourth-order valence-corrected chi connectivity index (χ4v) is 3.55. The largest absolute Gasteiger partial charge is 0.396 e. The van der Waals surface area contributed by atoms with Gasteiger partial charge in [0.1, 0.15) is 0 Å². The number of carbonyl (C=O) groups excluding carboxylic acids is 1. The molecule has 2 unspecified atom stereocenters. The van der Waals surface area contributed by atoms with Crippen LogP contribution in [-0.4, -0.2) is 54.4 Å². The lowest BCUT2D eigenvalue weighted by atomic mass is 9.83. The van der Waals surface area contributed by atoms with Gasteiger partial charge >= 0.3 is 6.03 Å². The molecule has 0 radical (unpaired) electrons. The van der Waals surface area contributed by atoms with Crippen molar-refractivity contribution in [2.45, 2.75) is 76.4 Å². The number of rotatable bonds is 8. The van der Waals surface area contributed by atoms with Gasteiger partial charge in [-0.3, -0.25) is 4.90 Å². The van der Waals surface area contributed by atoms with E-state index in [1.54, 1.807) is 0 Å². The molecule has 2 fully saturated rings. The molecule has 0 spiro atoms. The van der Waals surface area contributed by atoms with Crippen molar-refractivity contribution in [1.29, 1.82) is 0 Å². The third kappa shape index (κ3) is 5.43. The van der Waals surface area contributed by atoms with Gasteiger partial charge in [-0.25, -0.2) is 4.79 Å². The van der Waals surface area contributed by atoms with Crippen molar-refractivity contribution in [2.75, 3.05) is 20.2 Å². The van der Waals surface area contributed by atoms with Crippen LogP contribution in [0.3, 0.4) is 0 Å². The van der Waals surface area contributed by atoms with Crippen LogP contribution in [-0.2, 0) is 0 Å². The van der Waals surface area contributed by atoms with Gasteiger partial charge in [0, 0.05) is 31.3 Å². The summed E-state index contributed by atoms with van der Waals surface area (Å²) in [6.45, 7) is 2.97. The maximum Gasteiger partial charge on any atom is 0.315 e. The van der Waals surface area contributed by atoms with Crippen LogP contribution in [0, 0.1) is 5.92 Å². The number of amides is 2. The molecule has 5 heteroatoms. The third-order valence-electron chi connectivity index (χ3n) is 5.35. The van der Waals surface area contributed by atoms with Gasteiger partial charge < -0.3 is 15.7 Å². The Hall–Kier alpha value is -0.810. The minimum Gasteiger partial charge on any atom is -0.396 e. The molecule has 2 aliphatic carbocycles. The normalized spacial score (nSPS) is 22.4. The average molecular weight is 311 g/mol. The van der Waals surface area contributed by atoms with Gasteiger partial charge in [0.2, 0.25) is 0 Å². The summed E-state index contributed by atoms with van der Waals surface area (Å²) in [5.74, 6) is 0.526. The van der Waals surface area contributed by atoms with Crippen LogP contribution >= 0.6 is 0 Å². The molecular formula is C17H33N3O2. The van der Waals surface area contributed by atoms with Crippen LogP contribution in [0.2, 0.25) is 0 Å². The molecule has 0 aromatic carbocycles. The molecule has 3 N–H and O–H groups in total. The smallest absolute Gasteiger partial charge is 0.315 e. The first-order valence-corrected chi connectivity index (χ1v) is 8.99. The molecule has 2 saturated carbocycles. The Morgan fingerprint density at radius 1 is 1.23 bits per heavy atom. The van der Waals surface area contributed by atoms with Gasteiger partial charge in [-0.05, 0) is 52.0 Å². The topological polar surface area (TPSA) is 64.6 Å². The molecule has 2 rings (SSSR count). The third-order valence-corrected chi connectivity index (χ3v) is 5.35. The Morgan fingerprint density at radius 3 is 2.50 bits per heavy atom. The van der Waals surface area contributed by atoms with Crippen molar-refractivity contribution in [2.24, 2.45) is 5.92 Å². The second-order valence-electron chi connectivity index (χ2n) is 7.12. The van der Waals surface area contributed by atoms with E-state index in [4.69, 9.17) is 0 Å². The maximum absolute atomic E-state index is 12.2. The van der Waals surface area contributed by atoms with E-state index in [-0.39, 0.29) is 18.7 Å². The Kier molecular flexibility index (Phi) is 6.96. The van der Waals surface area contributed by atoms with Crippen molar-refractivity contribution < 1.29 is 9.90 Å².